The molecule has 3 aromatic carbocycles. The van der Waals surface area contributed by atoms with Gasteiger partial charge in [0.2, 0.25) is 0 Å². The number of ketones is 1. The van der Waals surface area contributed by atoms with Gasteiger partial charge in [0.05, 0.1) is 25.3 Å². The van der Waals surface area contributed by atoms with E-state index in [1.54, 1.807) is 25.3 Å². The van der Waals surface area contributed by atoms with Crippen LogP contribution >= 0.6 is 0 Å². The number of para-hydroxylation sites is 1. The van der Waals surface area contributed by atoms with E-state index in [9.17, 15) is 14.7 Å². The maximum Gasteiger partial charge on any atom is 0.300 e. The summed E-state index contributed by atoms with van der Waals surface area (Å²) in [7, 11) is 1.55. The van der Waals surface area contributed by atoms with Crippen LogP contribution in [-0.4, -0.2) is 30.5 Å². The summed E-state index contributed by atoms with van der Waals surface area (Å²) < 4.78 is 11.2. The van der Waals surface area contributed by atoms with Crippen molar-refractivity contribution in [2.45, 2.75) is 26.3 Å². The summed E-state index contributed by atoms with van der Waals surface area (Å²) in [6, 6.07) is 17.5. The van der Waals surface area contributed by atoms with Crippen molar-refractivity contribution in [3.05, 3.63) is 94.1 Å². The first-order valence-corrected chi connectivity index (χ1v) is 11.2. The number of carbonyl (C=O) groups excluding carboxylic acids is 2. The summed E-state index contributed by atoms with van der Waals surface area (Å²) in [6.07, 6.45) is 0.725. The zero-order valence-electron chi connectivity index (χ0n) is 19.3. The maximum atomic E-state index is 13.5. The highest BCUT2D eigenvalue weighted by Gasteiger charge is 2.48. The Morgan fingerprint density at radius 3 is 2.65 bits per heavy atom. The Labute approximate surface area is 198 Å². The smallest absolute Gasteiger partial charge is 0.300 e. The molecule has 6 nitrogen and oxygen atoms in total. The van der Waals surface area contributed by atoms with Gasteiger partial charge < -0.3 is 14.6 Å². The number of amides is 1. The largest absolute Gasteiger partial charge is 0.507 e. The molecule has 1 saturated heterocycles. The molecular weight excluding hydrogens is 430 g/mol. The molecule has 6 heteroatoms. The lowest BCUT2D eigenvalue weighted by Gasteiger charge is -2.28. The van der Waals surface area contributed by atoms with Crippen molar-refractivity contribution in [2.75, 3.05) is 18.6 Å². The first kappa shape index (κ1) is 21.8. The molecule has 1 unspecified atom stereocenters. The molecule has 1 atom stereocenters. The number of hydrogen-bond donors (Lipinski definition) is 1. The zero-order valence-corrected chi connectivity index (χ0v) is 19.3. The molecule has 0 radical (unpaired) electrons. The number of ether oxygens (including phenoxy) is 2. The predicted octanol–water partition coefficient (Wildman–Crippen LogP) is 4.87. The van der Waals surface area contributed by atoms with E-state index in [2.05, 4.69) is 0 Å². The highest BCUT2D eigenvalue weighted by Crippen LogP contribution is 2.46. The van der Waals surface area contributed by atoms with Gasteiger partial charge in [-0.3, -0.25) is 14.5 Å². The lowest BCUT2D eigenvalue weighted by Crippen LogP contribution is -2.30. The number of nitrogens with zero attached hydrogens (tertiary/aromatic N) is 1. The molecule has 34 heavy (non-hydrogen) atoms. The van der Waals surface area contributed by atoms with Crippen LogP contribution in [0.25, 0.3) is 5.76 Å². The molecule has 0 spiro atoms. The quantitative estimate of drug-likeness (QED) is 0.345. The summed E-state index contributed by atoms with van der Waals surface area (Å²) in [5, 5.41) is 11.4. The van der Waals surface area contributed by atoms with E-state index < -0.39 is 17.7 Å². The molecule has 172 valence electrons. The van der Waals surface area contributed by atoms with Gasteiger partial charge in [-0.1, -0.05) is 30.3 Å². The highest BCUT2D eigenvalue weighted by atomic mass is 16.5. The third-order valence-corrected chi connectivity index (χ3v) is 6.47. The molecule has 2 heterocycles. The number of benzene rings is 3. The summed E-state index contributed by atoms with van der Waals surface area (Å²) in [6.45, 7) is 4.41. The number of methoxy groups -OCH3 is 1. The number of anilines is 1. The molecule has 2 aliphatic heterocycles. The molecule has 1 amide bonds. The second-order valence-corrected chi connectivity index (χ2v) is 8.62. The van der Waals surface area contributed by atoms with E-state index in [0.29, 0.717) is 29.2 Å². The van der Waals surface area contributed by atoms with Crippen molar-refractivity contribution in [1.82, 2.24) is 0 Å². The number of carbonyl (C=O) groups is 2. The van der Waals surface area contributed by atoms with Gasteiger partial charge >= 0.3 is 0 Å². The topological polar surface area (TPSA) is 76.1 Å². The van der Waals surface area contributed by atoms with Crippen molar-refractivity contribution in [1.29, 1.82) is 0 Å². The van der Waals surface area contributed by atoms with Crippen LogP contribution in [0, 0.1) is 13.8 Å². The van der Waals surface area contributed by atoms with Gasteiger partial charge in [-0.2, -0.15) is 0 Å². The van der Waals surface area contributed by atoms with E-state index in [-0.39, 0.29) is 11.3 Å². The molecule has 0 bridgehead atoms. The lowest BCUT2D eigenvalue weighted by molar-refractivity contribution is -0.132. The fourth-order valence-electron chi connectivity index (χ4n) is 4.74. The third-order valence-electron chi connectivity index (χ3n) is 6.47. The van der Waals surface area contributed by atoms with Crippen LogP contribution in [0.4, 0.5) is 5.69 Å². The van der Waals surface area contributed by atoms with Gasteiger partial charge in [0, 0.05) is 23.2 Å². The molecule has 0 aromatic heterocycles. The Bertz CT molecular complexity index is 1360. The molecule has 0 aliphatic carbocycles. The molecule has 5 rings (SSSR count). The maximum absolute atomic E-state index is 13.5. The van der Waals surface area contributed by atoms with E-state index in [1.165, 1.54) is 4.90 Å². The van der Waals surface area contributed by atoms with Crippen LogP contribution in [0.5, 0.6) is 11.5 Å². The minimum Gasteiger partial charge on any atom is -0.507 e. The summed E-state index contributed by atoms with van der Waals surface area (Å²) in [5.74, 6) is -0.329. The Morgan fingerprint density at radius 1 is 1.06 bits per heavy atom. The minimum atomic E-state index is -0.846. The predicted molar refractivity (Wildman–Crippen MR) is 129 cm³/mol. The molecular formula is C28H25NO5. The first-order chi connectivity index (χ1) is 16.4. The Balaban J connectivity index is 1.76. The van der Waals surface area contributed by atoms with Crippen molar-refractivity contribution in [3.63, 3.8) is 0 Å². The van der Waals surface area contributed by atoms with Crippen molar-refractivity contribution < 1.29 is 24.2 Å². The molecule has 1 N–H and O–H groups in total. The molecule has 3 aromatic rings. The third kappa shape index (κ3) is 3.43. The number of aliphatic hydroxyl groups excluding tert-OH is 1. The van der Waals surface area contributed by atoms with Gasteiger partial charge in [-0.25, -0.2) is 0 Å². The molecule has 1 fully saturated rings. The number of hydrogen-bond acceptors (Lipinski definition) is 5. The summed E-state index contributed by atoms with van der Waals surface area (Å²) in [5.41, 5.74) is 4.52. The van der Waals surface area contributed by atoms with Crippen LogP contribution in [0.15, 0.2) is 66.2 Å². The average Bonchev–Trinajstić information content (AvgIpc) is 3.42. The number of aryl methyl sites for hydroxylation is 2. The standard InChI is InChI=1S/C28H25NO5/c1-16-8-9-17(2)21(14-16)29-25(20-6-4-5-7-23(20)33-3)24(27(31)28(29)32)26(30)19-10-11-22-18(15-19)12-13-34-22/h4-11,14-15,25,30H,12-13H2,1-3H3/b26-24+. The van der Waals surface area contributed by atoms with Crippen LogP contribution in [-0.2, 0) is 16.0 Å². The number of fused-ring (bicyclic) bond motifs is 1. The molecule has 2 aliphatic rings. The lowest BCUT2D eigenvalue weighted by atomic mass is 9.93. The fraction of sp³-hybridized carbons (Fsp3) is 0.214. The zero-order chi connectivity index (χ0) is 24.0. The number of rotatable bonds is 4. The van der Waals surface area contributed by atoms with Gasteiger partial charge in [-0.15, -0.1) is 0 Å². The normalized spacial score (nSPS) is 18.7. The van der Waals surface area contributed by atoms with E-state index in [0.717, 1.165) is 28.9 Å². The van der Waals surface area contributed by atoms with Crippen molar-refractivity contribution in [2.24, 2.45) is 0 Å². The summed E-state index contributed by atoms with van der Waals surface area (Å²) in [4.78, 5) is 28.4. The van der Waals surface area contributed by atoms with Crippen LogP contribution < -0.4 is 14.4 Å². The summed E-state index contributed by atoms with van der Waals surface area (Å²) >= 11 is 0. The Kier molecular flexibility index (Phi) is 5.36. The second-order valence-electron chi connectivity index (χ2n) is 8.62. The van der Waals surface area contributed by atoms with E-state index in [1.807, 2.05) is 56.3 Å². The van der Waals surface area contributed by atoms with Gasteiger partial charge in [0.1, 0.15) is 17.3 Å². The SMILES string of the molecule is COc1ccccc1C1/C(=C(\O)c2ccc3c(c2)CCO3)C(=O)C(=O)N1c1cc(C)ccc1C. The first-order valence-electron chi connectivity index (χ1n) is 11.2. The van der Waals surface area contributed by atoms with Crippen LogP contribution in [0.1, 0.15) is 33.9 Å². The second kappa shape index (κ2) is 8.37. The Morgan fingerprint density at radius 2 is 1.85 bits per heavy atom. The monoisotopic (exact) mass is 455 g/mol. The van der Waals surface area contributed by atoms with Crippen LogP contribution in [0.2, 0.25) is 0 Å². The van der Waals surface area contributed by atoms with Gasteiger partial charge in [-0.05, 0) is 60.9 Å². The van der Waals surface area contributed by atoms with E-state index in [4.69, 9.17) is 9.47 Å². The van der Waals surface area contributed by atoms with Crippen molar-refractivity contribution >= 4 is 23.1 Å². The highest BCUT2D eigenvalue weighted by molar-refractivity contribution is 6.51. The average molecular weight is 456 g/mol. The number of aliphatic hydroxyl groups is 1. The minimum absolute atomic E-state index is 0.0364. The van der Waals surface area contributed by atoms with E-state index >= 15 is 0 Å². The van der Waals surface area contributed by atoms with Crippen LogP contribution in [0.3, 0.4) is 0 Å². The van der Waals surface area contributed by atoms with Gasteiger partial charge in [0.15, 0.2) is 0 Å². The van der Waals surface area contributed by atoms with Gasteiger partial charge in [0.25, 0.3) is 11.7 Å². The number of Topliss-reactive ketones (excluding diaryl/α,β-unsaturated/α-hetero) is 1. The van der Waals surface area contributed by atoms with Crippen molar-refractivity contribution in [3.8, 4) is 11.5 Å². The molecule has 0 saturated carbocycles. The fourth-order valence-corrected chi connectivity index (χ4v) is 4.74. The Hall–Kier alpha value is -4.06.